The van der Waals surface area contributed by atoms with Crippen LogP contribution in [0.15, 0.2) is 72.8 Å². The maximum atomic E-state index is 4.20. The third kappa shape index (κ3) is 7.66. The van der Waals surface area contributed by atoms with Gasteiger partial charge in [-0.25, -0.2) is 0 Å². The molecule has 0 bridgehead atoms. The second-order valence-electron chi connectivity index (χ2n) is 9.71. The maximum absolute atomic E-state index is 4.20. The Bertz CT molecular complexity index is 1040. The Labute approximate surface area is 211 Å². The summed E-state index contributed by atoms with van der Waals surface area (Å²) in [5.74, 6) is 0. The largest absolute Gasteiger partial charge is 0.370 e. The van der Waals surface area contributed by atoms with Gasteiger partial charge in [0.1, 0.15) is 0 Å². The smallest absolute Gasteiger partial charge is 0.0222 e. The Morgan fingerprint density at radius 2 is 0.848 bits per heavy atom. The van der Waals surface area contributed by atoms with Crippen molar-refractivity contribution in [2.24, 2.45) is 0 Å². The van der Waals surface area contributed by atoms with E-state index in [1.165, 1.54) is 0 Å². The van der Waals surface area contributed by atoms with Crippen molar-refractivity contribution in [3.05, 3.63) is 96.8 Å². The van der Waals surface area contributed by atoms with Crippen LogP contribution in [0.5, 0.6) is 0 Å². The second-order valence-corrected chi connectivity index (χ2v) is 9.71. The molecule has 0 aliphatic rings. The zero-order valence-electron chi connectivity index (χ0n) is 20.1. The van der Waals surface area contributed by atoms with Crippen molar-refractivity contribution in [1.82, 2.24) is 19.9 Å². The van der Waals surface area contributed by atoms with Crippen molar-refractivity contribution >= 4 is 0 Å². The van der Waals surface area contributed by atoms with Crippen LogP contribution in [-0.4, -0.2) is 19.9 Å². The molecule has 5 heteroatoms. The minimum absolute atomic E-state index is 0. The summed E-state index contributed by atoms with van der Waals surface area (Å²) in [5.41, 5.74) is 6.16. The van der Waals surface area contributed by atoms with E-state index in [2.05, 4.69) is 74.1 Å². The number of aromatic nitrogens is 4. The predicted octanol–water partition coefficient (Wildman–Crippen LogP) is 6.48. The van der Waals surface area contributed by atoms with Gasteiger partial charge in [0.05, 0.1) is 0 Å². The summed E-state index contributed by atoms with van der Waals surface area (Å²) in [6.07, 6.45) is 5.47. The summed E-state index contributed by atoms with van der Waals surface area (Å²) < 4.78 is 0. The normalized spacial score (nSPS) is 11.1. The summed E-state index contributed by atoms with van der Waals surface area (Å²) in [7, 11) is 0. The molecule has 0 atom stereocenters. The van der Waals surface area contributed by atoms with Gasteiger partial charge in [-0.05, 0) is 22.2 Å². The van der Waals surface area contributed by atoms with Gasteiger partial charge in [0, 0.05) is 32.8 Å². The zero-order chi connectivity index (χ0) is 23.2. The standard InChI is InChI=1S/2C14H15N2.Ir/c2*1-14(2,3)13-9-12(15-10-16-13)11-7-5-4-6-8-11;/h2*4-9H,1-3H3;/q2*-1;. The Morgan fingerprint density at radius 1 is 0.515 bits per heavy atom. The SMILES string of the molecule is CC(C)(C)c1cc(-c2ccccc2)n[c-]n1.CC(C)(C)c1cc(-c2ccccc2)n[c-]n1.[Ir]. The van der Waals surface area contributed by atoms with Gasteiger partial charge in [-0.2, -0.15) is 0 Å². The van der Waals surface area contributed by atoms with Gasteiger partial charge < -0.3 is 19.9 Å². The number of hydrogen-bond donors (Lipinski definition) is 0. The Kier molecular flexibility index (Phi) is 9.16. The van der Waals surface area contributed by atoms with Crippen LogP contribution >= 0.6 is 0 Å². The van der Waals surface area contributed by atoms with E-state index in [1.54, 1.807) is 0 Å². The summed E-state index contributed by atoms with van der Waals surface area (Å²) in [6.45, 7) is 12.8. The first kappa shape index (κ1) is 26.5. The third-order valence-corrected chi connectivity index (χ3v) is 4.90. The minimum atomic E-state index is 0. The maximum Gasteiger partial charge on any atom is 0.0222 e. The molecule has 0 aliphatic heterocycles. The van der Waals surface area contributed by atoms with Gasteiger partial charge >= 0.3 is 0 Å². The molecule has 4 rings (SSSR count). The molecule has 0 N–H and O–H groups in total. The molecule has 2 aromatic carbocycles. The van der Waals surface area contributed by atoms with Crippen LogP contribution in [0.2, 0.25) is 0 Å². The molecule has 1 radical (unpaired) electrons. The molecular formula is C28H30IrN4-2. The van der Waals surface area contributed by atoms with Crippen LogP contribution in [0.25, 0.3) is 22.5 Å². The van der Waals surface area contributed by atoms with Crippen molar-refractivity contribution in [1.29, 1.82) is 0 Å². The van der Waals surface area contributed by atoms with Crippen molar-refractivity contribution < 1.29 is 20.1 Å². The molecule has 0 unspecified atom stereocenters. The quantitative estimate of drug-likeness (QED) is 0.243. The summed E-state index contributed by atoms with van der Waals surface area (Å²) in [4.78, 5) is 16.8. The van der Waals surface area contributed by atoms with Gasteiger partial charge in [-0.3, -0.25) is 0 Å². The van der Waals surface area contributed by atoms with Crippen molar-refractivity contribution in [3.8, 4) is 22.5 Å². The molecule has 4 aromatic rings. The monoisotopic (exact) mass is 615 g/mol. The summed E-state index contributed by atoms with van der Waals surface area (Å²) >= 11 is 0. The van der Waals surface area contributed by atoms with E-state index in [9.17, 15) is 0 Å². The number of rotatable bonds is 2. The molecule has 173 valence electrons. The Balaban J connectivity index is 0.000000227. The van der Waals surface area contributed by atoms with E-state index in [1.807, 2.05) is 72.8 Å². The molecule has 2 aromatic heterocycles. The number of benzene rings is 2. The van der Waals surface area contributed by atoms with Crippen molar-refractivity contribution in [3.63, 3.8) is 0 Å². The fourth-order valence-electron chi connectivity index (χ4n) is 2.94. The predicted molar refractivity (Wildman–Crippen MR) is 130 cm³/mol. The molecule has 0 amide bonds. The summed E-state index contributed by atoms with van der Waals surface area (Å²) in [6, 6.07) is 24.3. The van der Waals surface area contributed by atoms with Crippen LogP contribution in [-0.2, 0) is 30.9 Å². The van der Waals surface area contributed by atoms with Crippen LogP contribution in [0.4, 0.5) is 0 Å². The molecular weight excluding hydrogens is 585 g/mol. The molecule has 2 heterocycles. The van der Waals surface area contributed by atoms with Gasteiger partial charge in [0.2, 0.25) is 0 Å². The average Bonchev–Trinajstić information content (AvgIpc) is 2.80. The fraction of sp³-hybridized carbons (Fsp3) is 0.286. The molecule has 0 saturated carbocycles. The van der Waals surface area contributed by atoms with E-state index < -0.39 is 0 Å². The number of hydrogen-bond acceptors (Lipinski definition) is 4. The van der Waals surface area contributed by atoms with Gasteiger partial charge in [-0.15, -0.1) is 12.1 Å². The van der Waals surface area contributed by atoms with E-state index >= 15 is 0 Å². The van der Waals surface area contributed by atoms with Crippen molar-refractivity contribution in [2.45, 2.75) is 52.4 Å². The van der Waals surface area contributed by atoms with Gasteiger partial charge in [-0.1, -0.05) is 125 Å². The van der Waals surface area contributed by atoms with Crippen LogP contribution in [0.3, 0.4) is 0 Å². The van der Waals surface area contributed by atoms with Crippen LogP contribution in [0, 0.1) is 12.7 Å². The average molecular weight is 615 g/mol. The number of nitrogens with zero attached hydrogens (tertiary/aromatic N) is 4. The first-order valence-electron chi connectivity index (χ1n) is 10.8. The van der Waals surface area contributed by atoms with E-state index in [4.69, 9.17) is 0 Å². The fourth-order valence-corrected chi connectivity index (χ4v) is 2.94. The van der Waals surface area contributed by atoms with Crippen LogP contribution < -0.4 is 0 Å². The molecule has 0 fully saturated rings. The Hall–Kier alpha value is -2.75. The van der Waals surface area contributed by atoms with Crippen LogP contribution in [0.1, 0.15) is 52.9 Å². The van der Waals surface area contributed by atoms with Gasteiger partial charge in [0.25, 0.3) is 0 Å². The topological polar surface area (TPSA) is 51.6 Å². The van der Waals surface area contributed by atoms with E-state index in [-0.39, 0.29) is 30.9 Å². The second kappa shape index (κ2) is 11.4. The molecule has 4 nitrogen and oxygen atoms in total. The van der Waals surface area contributed by atoms with E-state index in [0.717, 1.165) is 33.9 Å². The Morgan fingerprint density at radius 3 is 1.15 bits per heavy atom. The molecule has 0 saturated heterocycles. The zero-order valence-corrected chi connectivity index (χ0v) is 22.4. The molecule has 0 aliphatic carbocycles. The summed E-state index contributed by atoms with van der Waals surface area (Å²) in [5, 5.41) is 0. The first-order chi connectivity index (χ1) is 15.1. The molecule has 0 spiro atoms. The van der Waals surface area contributed by atoms with Crippen molar-refractivity contribution in [2.75, 3.05) is 0 Å². The molecule has 33 heavy (non-hydrogen) atoms. The van der Waals surface area contributed by atoms with E-state index in [0.29, 0.717) is 0 Å². The van der Waals surface area contributed by atoms with Gasteiger partial charge in [0.15, 0.2) is 0 Å². The third-order valence-electron chi connectivity index (χ3n) is 4.90. The minimum Gasteiger partial charge on any atom is -0.370 e. The first-order valence-corrected chi connectivity index (χ1v) is 10.8.